The maximum Gasteiger partial charge on any atom is 0.263 e. The Morgan fingerprint density at radius 2 is 1.92 bits per heavy atom. The molecule has 0 unspecified atom stereocenters. The van der Waals surface area contributed by atoms with Crippen molar-refractivity contribution < 1.29 is 13.2 Å². The van der Waals surface area contributed by atoms with Crippen LogP contribution >= 0.6 is 11.6 Å². The summed E-state index contributed by atoms with van der Waals surface area (Å²) in [6.07, 6.45) is 2.24. The van der Waals surface area contributed by atoms with Crippen molar-refractivity contribution in [3.05, 3.63) is 35.4 Å². The minimum absolute atomic E-state index is 0.0270. The summed E-state index contributed by atoms with van der Waals surface area (Å²) in [4.78, 5) is 2.19. The fourth-order valence-corrected chi connectivity index (χ4v) is 4.14. The number of aromatic nitrogens is 2. The van der Waals surface area contributed by atoms with Gasteiger partial charge in [0.1, 0.15) is 5.75 Å². The molecule has 26 heavy (non-hydrogen) atoms. The van der Waals surface area contributed by atoms with Gasteiger partial charge in [-0.25, -0.2) is 8.42 Å². The van der Waals surface area contributed by atoms with Gasteiger partial charge in [-0.2, -0.15) is 0 Å². The number of anilines is 2. The number of piperidine rings is 1. The van der Waals surface area contributed by atoms with Crippen molar-refractivity contribution in [3.8, 4) is 5.75 Å². The van der Waals surface area contributed by atoms with Crippen LogP contribution in [-0.2, 0) is 10.0 Å². The first-order valence-electron chi connectivity index (χ1n) is 8.34. The maximum atomic E-state index is 12.5. The van der Waals surface area contributed by atoms with E-state index in [2.05, 4.69) is 26.7 Å². The lowest BCUT2D eigenvalue weighted by Gasteiger charge is -2.30. The Morgan fingerprint density at radius 3 is 2.50 bits per heavy atom. The van der Waals surface area contributed by atoms with Crippen LogP contribution in [0.25, 0.3) is 0 Å². The van der Waals surface area contributed by atoms with Crippen molar-refractivity contribution in [3.63, 3.8) is 0 Å². The number of methoxy groups -OCH3 is 1. The average molecular weight is 397 g/mol. The van der Waals surface area contributed by atoms with Crippen LogP contribution in [0.2, 0.25) is 5.02 Å². The standard InChI is InChI=1S/C17H21ClN4O3S/c1-12-7-9-22(10-8-12)17-6-5-16(19-20-17)21-26(23,24)13-3-4-15(25-2)14(18)11-13/h3-6,11-12H,7-10H2,1-2H3,(H,19,21). The lowest BCUT2D eigenvalue weighted by atomic mass is 9.99. The summed E-state index contributed by atoms with van der Waals surface area (Å²) >= 11 is 6.00. The van der Waals surface area contributed by atoms with E-state index in [-0.39, 0.29) is 15.7 Å². The van der Waals surface area contributed by atoms with Crippen molar-refractivity contribution in [2.75, 3.05) is 29.8 Å². The van der Waals surface area contributed by atoms with E-state index in [1.165, 1.54) is 25.3 Å². The van der Waals surface area contributed by atoms with Crippen molar-refractivity contribution >= 4 is 33.3 Å². The van der Waals surface area contributed by atoms with E-state index in [0.717, 1.165) is 37.7 Å². The van der Waals surface area contributed by atoms with E-state index in [4.69, 9.17) is 16.3 Å². The molecule has 1 saturated heterocycles. The van der Waals surface area contributed by atoms with Gasteiger partial charge in [0.25, 0.3) is 10.0 Å². The Morgan fingerprint density at radius 1 is 1.19 bits per heavy atom. The summed E-state index contributed by atoms with van der Waals surface area (Å²) < 4.78 is 32.4. The third kappa shape index (κ3) is 4.19. The van der Waals surface area contributed by atoms with Gasteiger partial charge < -0.3 is 9.64 Å². The topological polar surface area (TPSA) is 84.4 Å². The molecule has 0 atom stereocenters. The predicted octanol–water partition coefficient (Wildman–Crippen LogP) is 3.18. The Hall–Kier alpha value is -2.06. The average Bonchev–Trinajstić information content (AvgIpc) is 2.63. The molecular weight excluding hydrogens is 376 g/mol. The molecule has 1 N–H and O–H groups in total. The monoisotopic (exact) mass is 396 g/mol. The number of sulfonamides is 1. The molecular formula is C17H21ClN4O3S. The second kappa shape index (κ2) is 7.67. The van der Waals surface area contributed by atoms with E-state index >= 15 is 0 Å². The molecule has 0 radical (unpaired) electrons. The quantitative estimate of drug-likeness (QED) is 0.835. The molecule has 3 rings (SSSR count). The highest BCUT2D eigenvalue weighted by Gasteiger charge is 2.19. The Bertz CT molecular complexity index is 866. The van der Waals surface area contributed by atoms with Crippen LogP contribution in [0.3, 0.4) is 0 Å². The molecule has 140 valence electrons. The van der Waals surface area contributed by atoms with Crippen LogP contribution in [0.1, 0.15) is 19.8 Å². The molecule has 7 nitrogen and oxygen atoms in total. The number of halogens is 1. The molecule has 0 bridgehead atoms. The van der Waals surface area contributed by atoms with Gasteiger partial charge in [-0.15, -0.1) is 10.2 Å². The number of hydrogen-bond acceptors (Lipinski definition) is 6. The largest absolute Gasteiger partial charge is 0.495 e. The molecule has 0 aliphatic carbocycles. The van der Waals surface area contributed by atoms with Crippen molar-refractivity contribution in [2.24, 2.45) is 5.92 Å². The first-order valence-corrected chi connectivity index (χ1v) is 10.2. The minimum atomic E-state index is -3.81. The van der Waals surface area contributed by atoms with E-state index in [1.807, 2.05) is 0 Å². The van der Waals surface area contributed by atoms with Crippen LogP contribution in [0.5, 0.6) is 5.75 Å². The zero-order chi connectivity index (χ0) is 18.7. The van der Waals surface area contributed by atoms with Crippen LogP contribution < -0.4 is 14.4 Å². The summed E-state index contributed by atoms with van der Waals surface area (Å²) in [6.45, 7) is 4.11. The van der Waals surface area contributed by atoms with Gasteiger partial charge in [-0.3, -0.25) is 4.72 Å². The highest BCUT2D eigenvalue weighted by atomic mass is 35.5. The minimum Gasteiger partial charge on any atom is -0.495 e. The number of hydrogen-bond donors (Lipinski definition) is 1. The molecule has 1 fully saturated rings. The van der Waals surface area contributed by atoms with E-state index in [1.54, 1.807) is 12.1 Å². The molecule has 1 aromatic heterocycles. The zero-order valence-electron chi connectivity index (χ0n) is 14.6. The third-order valence-corrected chi connectivity index (χ3v) is 6.08. The van der Waals surface area contributed by atoms with Crippen LogP contribution in [0.4, 0.5) is 11.6 Å². The molecule has 2 aromatic rings. The predicted molar refractivity (Wildman–Crippen MR) is 101 cm³/mol. The second-order valence-electron chi connectivity index (χ2n) is 6.35. The molecule has 9 heteroatoms. The lowest BCUT2D eigenvalue weighted by Crippen LogP contribution is -2.33. The van der Waals surface area contributed by atoms with Crippen LogP contribution in [0.15, 0.2) is 35.2 Å². The maximum absolute atomic E-state index is 12.5. The van der Waals surface area contributed by atoms with Gasteiger partial charge in [0.15, 0.2) is 11.6 Å². The normalized spacial score (nSPS) is 15.7. The van der Waals surface area contributed by atoms with Crippen LogP contribution in [0, 0.1) is 5.92 Å². The summed E-state index contributed by atoms with van der Waals surface area (Å²) in [5, 5.41) is 8.37. The highest BCUT2D eigenvalue weighted by molar-refractivity contribution is 7.92. The van der Waals surface area contributed by atoms with Crippen molar-refractivity contribution in [1.29, 1.82) is 0 Å². The fraction of sp³-hybridized carbons (Fsp3) is 0.412. The number of ether oxygens (including phenoxy) is 1. The molecule has 1 aliphatic heterocycles. The fourth-order valence-electron chi connectivity index (χ4n) is 2.80. The van der Waals surface area contributed by atoms with Crippen molar-refractivity contribution in [2.45, 2.75) is 24.7 Å². The van der Waals surface area contributed by atoms with E-state index < -0.39 is 10.0 Å². The Labute approximate surface area is 158 Å². The van der Waals surface area contributed by atoms with Crippen molar-refractivity contribution in [1.82, 2.24) is 10.2 Å². The number of benzene rings is 1. The first-order chi connectivity index (χ1) is 12.4. The molecule has 1 aliphatic rings. The lowest BCUT2D eigenvalue weighted by molar-refractivity contribution is 0.414. The van der Waals surface area contributed by atoms with Gasteiger partial charge in [0.05, 0.1) is 17.0 Å². The van der Waals surface area contributed by atoms with Gasteiger partial charge >= 0.3 is 0 Å². The molecule has 2 heterocycles. The summed E-state index contributed by atoms with van der Waals surface area (Å²) in [5.41, 5.74) is 0. The van der Waals surface area contributed by atoms with Crippen LogP contribution in [-0.4, -0.2) is 38.8 Å². The van der Waals surface area contributed by atoms with E-state index in [0.29, 0.717) is 5.75 Å². The summed E-state index contributed by atoms with van der Waals surface area (Å²) in [6, 6.07) is 7.65. The van der Waals surface area contributed by atoms with E-state index in [9.17, 15) is 8.42 Å². The smallest absolute Gasteiger partial charge is 0.263 e. The molecule has 0 saturated carbocycles. The third-order valence-electron chi connectivity index (χ3n) is 4.43. The molecule has 0 spiro atoms. The first kappa shape index (κ1) is 18.7. The highest BCUT2D eigenvalue weighted by Crippen LogP contribution is 2.28. The van der Waals surface area contributed by atoms with Gasteiger partial charge in [0.2, 0.25) is 0 Å². The number of nitrogens with one attached hydrogen (secondary N) is 1. The molecule has 0 amide bonds. The molecule has 1 aromatic carbocycles. The second-order valence-corrected chi connectivity index (χ2v) is 8.44. The van der Waals surface area contributed by atoms with Gasteiger partial charge in [-0.05, 0) is 49.1 Å². The van der Waals surface area contributed by atoms with Gasteiger partial charge in [0, 0.05) is 13.1 Å². The Balaban J connectivity index is 1.72. The summed E-state index contributed by atoms with van der Waals surface area (Å²) in [5.74, 6) is 2.05. The zero-order valence-corrected chi connectivity index (χ0v) is 16.2. The number of rotatable bonds is 5. The SMILES string of the molecule is COc1ccc(S(=O)(=O)Nc2ccc(N3CCC(C)CC3)nn2)cc1Cl. The Kier molecular flexibility index (Phi) is 5.52. The number of nitrogens with zero attached hydrogens (tertiary/aromatic N) is 3. The van der Waals surface area contributed by atoms with Gasteiger partial charge in [-0.1, -0.05) is 18.5 Å². The summed E-state index contributed by atoms with van der Waals surface area (Å²) in [7, 11) is -2.35.